The van der Waals surface area contributed by atoms with Crippen molar-refractivity contribution in [2.75, 3.05) is 25.2 Å². The first-order valence-corrected chi connectivity index (χ1v) is 14.2. The first-order valence-electron chi connectivity index (χ1n) is 13.1. The van der Waals surface area contributed by atoms with Crippen LogP contribution >= 0.6 is 11.8 Å². The molecule has 9 heteroatoms. The van der Waals surface area contributed by atoms with Crippen LogP contribution in [0.4, 0.5) is 0 Å². The lowest BCUT2D eigenvalue weighted by atomic mass is 9.91. The highest BCUT2D eigenvalue weighted by molar-refractivity contribution is 7.99. The lowest BCUT2D eigenvalue weighted by Gasteiger charge is -2.19. The van der Waals surface area contributed by atoms with Crippen LogP contribution in [0.1, 0.15) is 57.6 Å². The molecule has 0 saturated heterocycles. The number of esters is 2. The van der Waals surface area contributed by atoms with Gasteiger partial charge in [0.05, 0.1) is 18.8 Å². The first kappa shape index (κ1) is 32.0. The van der Waals surface area contributed by atoms with Crippen LogP contribution < -0.4 is 0 Å². The van der Waals surface area contributed by atoms with Gasteiger partial charge < -0.3 is 24.4 Å². The molecule has 0 aliphatic heterocycles. The lowest BCUT2D eigenvalue weighted by Crippen LogP contribution is -2.27. The van der Waals surface area contributed by atoms with E-state index < -0.39 is 29.7 Å². The minimum absolute atomic E-state index is 0.0419. The molecule has 0 amide bonds. The molecule has 2 N–H and O–H groups in total. The highest BCUT2D eigenvalue weighted by atomic mass is 32.2. The van der Waals surface area contributed by atoms with E-state index >= 15 is 0 Å². The van der Waals surface area contributed by atoms with E-state index in [-0.39, 0.29) is 37.1 Å². The van der Waals surface area contributed by atoms with Crippen molar-refractivity contribution in [1.82, 2.24) is 0 Å². The van der Waals surface area contributed by atoms with Gasteiger partial charge in [-0.05, 0) is 56.2 Å². The van der Waals surface area contributed by atoms with Gasteiger partial charge >= 0.3 is 11.9 Å². The average molecular weight is 551 g/mol. The second-order valence-electron chi connectivity index (χ2n) is 10.6. The van der Waals surface area contributed by atoms with E-state index in [0.29, 0.717) is 31.6 Å². The molecule has 0 radical (unpaired) electrons. The molecule has 1 aliphatic carbocycles. The molecular weight excluding hydrogens is 508 g/mol. The van der Waals surface area contributed by atoms with Crippen molar-refractivity contribution in [1.29, 1.82) is 0 Å². The second kappa shape index (κ2) is 16.0. The van der Waals surface area contributed by atoms with Crippen LogP contribution in [0.5, 0.6) is 0 Å². The van der Waals surface area contributed by atoms with Gasteiger partial charge in [-0.3, -0.25) is 9.59 Å². The quantitative estimate of drug-likeness (QED) is 0.192. The van der Waals surface area contributed by atoms with E-state index in [0.717, 1.165) is 16.9 Å². The molecule has 1 fully saturated rings. The Labute approximate surface area is 230 Å². The Kier molecular flexibility index (Phi) is 13.5. The molecule has 8 nitrogen and oxygen atoms in total. The molecule has 1 aromatic rings. The van der Waals surface area contributed by atoms with Crippen LogP contribution in [0.2, 0.25) is 0 Å². The number of ether oxygens (including phenoxy) is 3. The molecule has 4 unspecified atom stereocenters. The molecule has 1 aliphatic rings. The molecule has 0 aromatic heterocycles. The normalized spacial score (nSPS) is 20.6. The molecule has 1 aromatic carbocycles. The number of aliphatic hydroxyl groups excluding tert-OH is 2. The number of benzene rings is 1. The predicted octanol–water partition coefficient (Wildman–Crippen LogP) is 3.65. The smallest absolute Gasteiger partial charge is 0.344 e. The van der Waals surface area contributed by atoms with E-state index in [2.05, 4.69) is 0 Å². The summed E-state index contributed by atoms with van der Waals surface area (Å²) in [5.41, 5.74) is 1.40. The molecule has 0 bridgehead atoms. The van der Waals surface area contributed by atoms with E-state index in [4.69, 9.17) is 14.2 Å². The highest BCUT2D eigenvalue weighted by Gasteiger charge is 2.39. The van der Waals surface area contributed by atoms with Gasteiger partial charge in [0.25, 0.3) is 0 Å². The summed E-state index contributed by atoms with van der Waals surface area (Å²) in [5, 5.41) is 20.9. The molecule has 0 spiro atoms. The summed E-state index contributed by atoms with van der Waals surface area (Å²) in [5.74, 6) is -0.150. The molecule has 2 rings (SSSR count). The van der Waals surface area contributed by atoms with E-state index in [9.17, 15) is 24.6 Å². The number of ketones is 1. The minimum Gasteiger partial charge on any atom is -0.457 e. The predicted molar refractivity (Wildman–Crippen MR) is 147 cm³/mol. The molecule has 4 atom stereocenters. The molecule has 0 heterocycles. The number of thioether (sulfide) groups is 1. The Hall–Kier alpha value is -2.20. The third-order valence-corrected chi connectivity index (χ3v) is 7.15. The maximum Gasteiger partial charge on any atom is 0.344 e. The van der Waals surface area contributed by atoms with Gasteiger partial charge in [0.2, 0.25) is 0 Å². The molecule has 1 saturated carbocycles. The van der Waals surface area contributed by atoms with Gasteiger partial charge in [0, 0.05) is 38.2 Å². The van der Waals surface area contributed by atoms with Gasteiger partial charge in [0.1, 0.15) is 11.4 Å². The molecule has 212 valence electrons. The number of hydrogen-bond acceptors (Lipinski definition) is 9. The van der Waals surface area contributed by atoms with E-state index in [1.807, 2.05) is 24.3 Å². The minimum atomic E-state index is -0.745. The summed E-state index contributed by atoms with van der Waals surface area (Å²) in [6, 6.07) is 7.84. The first-order chi connectivity index (χ1) is 18.0. The monoisotopic (exact) mass is 550 g/mol. The number of aliphatic hydroxyl groups is 2. The molecule has 38 heavy (non-hydrogen) atoms. The number of hydrogen-bond donors (Lipinski definition) is 2. The van der Waals surface area contributed by atoms with Gasteiger partial charge in [0.15, 0.2) is 6.61 Å². The number of methoxy groups -OCH3 is 1. The highest BCUT2D eigenvalue weighted by Crippen LogP contribution is 2.34. The topological polar surface area (TPSA) is 119 Å². The largest absolute Gasteiger partial charge is 0.457 e. The summed E-state index contributed by atoms with van der Waals surface area (Å²) in [7, 11) is 1.64. The van der Waals surface area contributed by atoms with Crippen LogP contribution in [0.15, 0.2) is 36.4 Å². The van der Waals surface area contributed by atoms with Crippen LogP contribution in [0, 0.1) is 11.8 Å². The third kappa shape index (κ3) is 12.1. The van der Waals surface area contributed by atoms with Crippen molar-refractivity contribution < 1.29 is 38.8 Å². The Bertz CT molecular complexity index is 939. The SMILES string of the molecule is COCc1cccc(CC(O)C=CC2C(O)CC(=O)C2CCSCCCC(=O)OCC(=O)OC(C)(C)C)c1. The standard InChI is InChI=1S/C29H42O8S/c1-29(2,3)37-28(34)19-36-27(33)9-6-13-38-14-12-24-23(25(31)17-26(24)32)11-10-22(30)16-20-7-5-8-21(15-20)18-35-4/h5,7-8,10-11,15,22-25,30-31H,6,9,12-14,16-19H2,1-4H3. The summed E-state index contributed by atoms with van der Waals surface area (Å²) < 4.78 is 15.2. The number of carbonyl (C=O) groups excluding carboxylic acids is 3. The maximum absolute atomic E-state index is 12.5. The Morgan fingerprint density at radius 3 is 2.63 bits per heavy atom. The van der Waals surface area contributed by atoms with Gasteiger partial charge in [-0.2, -0.15) is 11.8 Å². The van der Waals surface area contributed by atoms with E-state index in [1.54, 1.807) is 51.8 Å². The van der Waals surface area contributed by atoms with Crippen molar-refractivity contribution in [3.05, 3.63) is 47.5 Å². The van der Waals surface area contributed by atoms with Crippen molar-refractivity contribution >= 4 is 29.5 Å². The fourth-order valence-corrected chi connectivity index (χ4v) is 5.36. The van der Waals surface area contributed by atoms with Crippen molar-refractivity contribution in [3.63, 3.8) is 0 Å². The fraction of sp³-hybridized carbons (Fsp3) is 0.621. The lowest BCUT2D eigenvalue weighted by molar-refractivity contribution is -0.166. The fourth-order valence-electron chi connectivity index (χ4n) is 4.38. The summed E-state index contributed by atoms with van der Waals surface area (Å²) in [6.07, 6.45) is 3.98. The number of carbonyl (C=O) groups is 3. The van der Waals surface area contributed by atoms with Crippen LogP contribution in [0.3, 0.4) is 0 Å². The third-order valence-electron chi connectivity index (χ3n) is 6.05. The van der Waals surface area contributed by atoms with Crippen molar-refractivity contribution in [2.24, 2.45) is 11.8 Å². The Balaban J connectivity index is 1.71. The zero-order valence-electron chi connectivity index (χ0n) is 22.9. The van der Waals surface area contributed by atoms with Crippen LogP contribution in [-0.2, 0) is 41.6 Å². The number of Topliss-reactive ketones (excluding diaryl/α,β-unsaturated/α-hetero) is 1. The van der Waals surface area contributed by atoms with Gasteiger partial charge in [-0.15, -0.1) is 0 Å². The van der Waals surface area contributed by atoms with Crippen molar-refractivity contribution in [3.8, 4) is 0 Å². The Morgan fingerprint density at radius 1 is 1.18 bits per heavy atom. The van der Waals surface area contributed by atoms with Crippen LogP contribution in [-0.4, -0.2) is 71.0 Å². The number of rotatable bonds is 15. The average Bonchev–Trinajstić information content (AvgIpc) is 3.09. The summed E-state index contributed by atoms with van der Waals surface area (Å²) >= 11 is 1.63. The van der Waals surface area contributed by atoms with E-state index in [1.165, 1.54) is 0 Å². The maximum atomic E-state index is 12.5. The van der Waals surface area contributed by atoms with Gasteiger partial charge in [-0.1, -0.05) is 36.4 Å². The Morgan fingerprint density at radius 2 is 1.92 bits per heavy atom. The zero-order chi connectivity index (χ0) is 28.1. The van der Waals surface area contributed by atoms with Crippen LogP contribution in [0.25, 0.3) is 0 Å². The zero-order valence-corrected chi connectivity index (χ0v) is 23.7. The van der Waals surface area contributed by atoms with Crippen molar-refractivity contribution in [2.45, 2.75) is 77.3 Å². The van der Waals surface area contributed by atoms with Gasteiger partial charge in [-0.25, -0.2) is 4.79 Å². The summed E-state index contributed by atoms with van der Waals surface area (Å²) in [4.78, 5) is 35.9. The second-order valence-corrected chi connectivity index (χ2v) is 11.8. The molecular formula is C29H42O8S. The summed E-state index contributed by atoms with van der Waals surface area (Å²) in [6.45, 7) is 5.36.